The zero-order valence-corrected chi connectivity index (χ0v) is 17.2. The fourth-order valence-electron chi connectivity index (χ4n) is 2.95. The zero-order chi connectivity index (χ0) is 19.4. The highest BCUT2D eigenvalue weighted by molar-refractivity contribution is 7.16. The molecule has 142 valence electrons. The Morgan fingerprint density at radius 3 is 2.52 bits per heavy atom. The first-order chi connectivity index (χ1) is 13.0. The van der Waals surface area contributed by atoms with E-state index in [1.165, 1.54) is 16.7 Å². The van der Waals surface area contributed by atoms with E-state index in [2.05, 4.69) is 35.5 Å². The van der Waals surface area contributed by atoms with E-state index < -0.39 is 0 Å². The van der Waals surface area contributed by atoms with E-state index in [1.807, 2.05) is 38.1 Å². The molecule has 0 N–H and O–H groups in total. The van der Waals surface area contributed by atoms with Crippen molar-refractivity contribution in [3.63, 3.8) is 0 Å². The van der Waals surface area contributed by atoms with Gasteiger partial charge in [-0.25, -0.2) is 0 Å². The Balaban J connectivity index is 1.97. The average molecular weight is 383 g/mol. The first kappa shape index (κ1) is 19.5. The number of aryl methyl sites for hydroxylation is 3. The molecule has 0 saturated carbocycles. The second-order valence-electron chi connectivity index (χ2n) is 6.81. The highest BCUT2D eigenvalue weighted by atomic mass is 32.1. The molecule has 0 unspecified atom stereocenters. The van der Waals surface area contributed by atoms with E-state index in [9.17, 15) is 4.79 Å². The number of hydrogen-bond acceptors (Lipinski definition) is 3. The van der Waals surface area contributed by atoms with Crippen molar-refractivity contribution in [2.75, 3.05) is 13.2 Å². The van der Waals surface area contributed by atoms with Crippen molar-refractivity contribution in [3.8, 4) is 0 Å². The predicted octanol–water partition coefficient (Wildman–Crippen LogP) is 4.33. The molecule has 5 heteroatoms. The van der Waals surface area contributed by atoms with Crippen molar-refractivity contribution in [1.82, 2.24) is 4.57 Å². The molecule has 0 radical (unpaired) electrons. The molecule has 0 bridgehead atoms. The summed E-state index contributed by atoms with van der Waals surface area (Å²) < 4.78 is 8.79. The molecular formula is C22H26N2O2S. The van der Waals surface area contributed by atoms with Gasteiger partial charge in [0.15, 0.2) is 4.80 Å². The summed E-state index contributed by atoms with van der Waals surface area (Å²) in [5.74, 6) is -0.121. The van der Waals surface area contributed by atoms with E-state index in [0.717, 1.165) is 20.6 Å². The van der Waals surface area contributed by atoms with Crippen molar-refractivity contribution in [3.05, 3.63) is 63.5 Å². The molecule has 0 fully saturated rings. The third kappa shape index (κ3) is 4.73. The van der Waals surface area contributed by atoms with Crippen LogP contribution in [0.5, 0.6) is 0 Å². The molecule has 1 aromatic heterocycles. The summed E-state index contributed by atoms with van der Waals surface area (Å²) in [7, 11) is 0. The van der Waals surface area contributed by atoms with Crippen LogP contribution in [0.15, 0.2) is 41.4 Å². The molecule has 0 aliphatic carbocycles. The lowest BCUT2D eigenvalue weighted by atomic mass is 10.1. The molecule has 0 aliphatic heterocycles. The number of rotatable bonds is 6. The maximum absolute atomic E-state index is 12.6. The van der Waals surface area contributed by atoms with Gasteiger partial charge in [-0.15, -0.1) is 0 Å². The number of nitrogens with zero attached hydrogens (tertiary/aromatic N) is 2. The quantitative estimate of drug-likeness (QED) is 0.596. The van der Waals surface area contributed by atoms with Gasteiger partial charge >= 0.3 is 0 Å². The van der Waals surface area contributed by atoms with Gasteiger partial charge in [0.25, 0.3) is 5.91 Å². The summed E-state index contributed by atoms with van der Waals surface area (Å²) in [6.45, 7) is 10.2. The van der Waals surface area contributed by atoms with Crippen LogP contribution >= 0.6 is 11.3 Å². The normalized spacial score (nSPS) is 12.1. The molecule has 3 aromatic rings. The maximum Gasteiger partial charge on any atom is 0.252 e. The Kier molecular flexibility index (Phi) is 6.24. The SMILES string of the molecule is CCOCCn1c(=NC(=O)Cc2ccc(C)cc2)sc2cc(C)c(C)cc21. The summed E-state index contributed by atoms with van der Waals surface area (Å²) >= 11 is 1.57. The standard InChI is InChI=1S/C22H26N2O2S/c1-5-26-11-10-24-19-12-16(3)17(4)13-20(19)27-22(24)23-21(25)14-18-8-6-15(2)7-9-18/h6-9,12-13H,5,10-11,14H2,1-4H3. The van der Waals surface area contributed by atoms with Crippen LogP contribution in [0, 0.1) is 20.8 Å². The van der Waals surface area contributed by atoms with Crippen molar-refractivity contribution in [2.24, 2.45) is 4.99 Å². The molecule has 1 heterocycles. The number of amides is 1. The van der Waals surface area contributed by atoms with E-state index in [1.54, 1.807) is 11.3 Å². The lowest BCUT2D eigenvalue weighted by Crippen LogP contribution is -2.20. The summed E-state index contributed by atoms with van der Waals surface area (Å²) in [5.41, 5.74) is 5.78. The van der Waals surface area contributed by atoms with Crippen molar-refractivity contribution in [2.45, 2.75) is 40.7 Å². The number of benzene rings is 2. The van der Waals surface area contributed by atoms with Crippen LogP contribution in [-0.2, 0) is 22.5 Å². The van der Waals surface area contributed by atoms with E-state index >= 15 is 0 Å². The van der Waals surface area contributed by atoms with E-state index in [0.29, 0.717) is 26.2 Å². The van der Waals surface area contributed by atoms with Gasteiger partial charge in [-0.1, -0.05) is 41.2 Å². The number of fused-ring (bicyclic) bond motifs is 1. The summed E-state index contributed by atoms with van der Waals surface area (Å²) in [5, 5.41) is 0. The molecular weight excluding hydrogens is 356 g/mol. The lowest BCUT2D eigenvalue weighted by Gasteiger charge is -2.07. The maximum atomic E-state index is 12.6. The highest BCUT2D eigenvalue weighted by Gasteiger charge is 2.10. The van der Waals surface area contributed by atoms with Crippen molar-refractivity contribution >= 4 is 27.5 Å². The third-order valence-corrected chi connectivity index (χ3v) is 5.70. The van der Waals surface area contributed by atoms with Gasteiger partial charge < -0.3 is 9.30 Å². The van der Waals surface area contributed by atoms with Crippen LogP contribution in [0.4, 0.5) is 0 Å². The fraction of sp³-hybridized carbons (Fsp3) is 0.364. The Hall–Kier alpha value is -2.24. The molecule has 2 aromatic carbocycles. The largest absolute Gasteiger partial charge is 0.380 e. The second-order valence-corrected chi connectivity index (χ2v) is 7.81. The van der Waals surface area contributed by atoms with Crippen LogP contribution in [0.25, 0.3) is 10.2 Å². The monoisotopic (exact) mass is 382 g/mol. The number of carbonyl (C=O) groups excluding carboxylic acids is 1. The molecule has 4 nitrogen and oxygen atoms in total. The minimum absolute atomic E-state index is 0.121. The summed E-state index contributed by atoms with van der Waals surface area (Å²) in [4.78, 5) is 17.7. The van der Waals surface area contributed by atoms with Gasteiger partial charge in [-0.3, -0.25) is 4.79 Å². The zero-order valence-electron chi connectivity index (χ0n) is 16.4. The van der Waals surface area contributed by atoms with Crippen LogP contribution in [-0.4, -0.2) is 23.7 Å². The summed E-state index contributed by atoms with van der Waals surface area (Å²) in [6.07, 6.45) is 0.318. The predicted molar refractivity (Wildman–Crippen MR) is 111 cm³/mol. The van der Waals surface area contributed by atoms with Crippen molar-refractivity contribution in [1.29, 1.82) is 0 Å². The first-order valence-corrected chi connectivity index (χ1v) is 10.1. The molecule has 0 aliphatic rings. The number of ether oxygens (including phenoxy) is 1. The molecule has 0 atom stereocenters. The second kappa shape index (κ2) is 8.63. The average Bonchev–Trinajstić information content (AvgIpc) is 2.94. The van der Waals surface area contributed by atoms with E-state index in [4.69, 9.17) is 4.74 Å². The number of aromatic nitrogens is 1. The minimum Gasteiger partial charge on any atom is -0.380 e. The van der Waals surface area contributed by atoms with Gasteiger partial charge in [0.05, 0.1) is 23.2 Å². The van der Waals surface area contributed by atoms with Gasteiger partial charge in [0, 0.05) is 13.2 Å². The number of carbonyl (C=O) groups is 1. The lowest BCUT2D eigenvalue weighted by molar-refractivity contribution is -0.117. The summed E-state index contributed by atoms with van der Waals surface area (Å²) in [6, 6.07) is 12.4. The smallest absolute Gasteiger partial charge is 0.252 e. The third-order valence-electron chi connectivity index (χ3n) is 4.66. The Labute approximate surface area is 164 Å². The molecule has 3 rings (SSSR count). The van der Waals surface area contributed by atoms with Gasteiger partial charge in [0.2, 0.25) is 0 Å². The van der Waals surface area contributed by atoms with Crippen LogP contribution < -0.4 is 4.80 Å². The van der Waals surface area contributed by atoms with Crippen LogP contribution in [0.1, 0.15) is 29.2 Å². The highest BCUT2D eigenvalue weighted by Crippen LogP contribution is 2.22. The van der Waals surface area contributed by atoms with Crippen LogP contribution in [0.2, 0.25) is 0 Å². The molecule has 27 heavy (non-hydrogen) atoms. The molecule has 0 spiro atoms. The van der Waals surface area contributed by atoms with Crippen LogP contribution in [0.3, 0.4) is 0 Å². The fourth-order valence-corrected chi connectivity index (χ4v) is 4.10. The van der Waals surface area contributed by atoms with Crippen molar-refractivity contribution < 1.29 is 9.53 Å². The van der Waals surface area contributed by atoms with Gasteiger partial charge in [-0.05, 0) is 56.5 Å². The van der Waals surface area contributed by atoms with Gasteiger partial charge in [-0.2, -0.15) is 4.99 Å². The topological polar surface area (TPSA) is 43.6 Å². The number of hydrogen-bond donors (Lipinski definition) is 0. The molecule has 0 saturated heterocycles. The minimum atomic E-state index is -0.121. The first-order valence-electron chi connectivity index (χ1n) is 9.29. The Morgan fingerprint density at radius 2 is 1.81 bits per heavy atom. The Bertz CT molecular complexity index is 1010. The number of thiazole rings is 1. The van der Waals surface area contributed by atoms with E-state index in [-0.39, 0.29) is 5.91 Å². The Morgan fingerprint density at radius 1 is 1.11 bits per heavy atom. The van der Waals surface area contributed by atoms with Gasteiger partial charge in [0.1, 0.15) is 0 Å². The molecule has 1 amide bonds.